The molecule has 0 heterocycles. The van der Waals surface area contributed by atoms with Gasteiger partial charge in [-0.3, -0.25) is 0 Å². The second-order valence-corrected chi connectivity index (χ2v) is 5.94. The molecule has 0 atom stereocenters. The van der Waals surface area contributed by atoms with Crippen LogP contribution in [-0.4, -0.2) is 23.1 Å². The second kappa shape index (κ2) is 7.28. The first kappa shape index (κ1) is 17.0. The highest BCUT2D eigenvalue weighted by Gasteiger charge is 2.17. The summed E-state index contributed by atoms with van der Waals surface area (Å²) in [4.78, 5) is 23.2. The minimum atomic E-state index is -1.04. The van der Waals surface area contributed by atoms with Crippen molar-refractivity contribution in [2.75, 3.05) is 0 Å². The van der Waals surface area contributed by atoms with E-state index in [0.717, 1.165) is 4.47 Å². The fourth-order valence-electron chi connectivity index (χ4n) is 1.85. The molecule has 1 N–H and O–H groups in total. The van der Waals surface area contributed by atoms with Crippen LogP contribution < -0.4 is 9.47 Å². The molecule has 0 spiro atoms. The first-order chi connectivity index (χ1) is 10.9. The number of aromatic carboxylic acids is 1. The largest absolute Gasteiger partial charge is 0.490 e. The quantitative estimate of drug-likeness (QED) is 0.624. The van der Waals surface area contributed by atoms with Crippen LogP contribution in [0.1, 0.15) is 34.6 Å². The Labute approximate surface area is 142 Å². The Balaban J connectivity index is 2.23. The summed E-state index contributed by atoms with van der Waals surface area (Å²) in [5.74, 6) is -0.932. The summed E-state index contributed by atoms with van der Waals surface area (Å²) in [5.41, 5.74) is 0.409. The number of hydrogen-bond acceptors (Lipinski definition) is 4. The van der Waals surface area contributed by atoms with E-state index in [2.05, 4.69) is 15.9 Å². The number of hydrogen-bond donors (Lipinski definition) is 1. The van der Waals surface area contributed by atoms with Crippen LogP contribution in [0.3, 0.4) is 0 Å². The fourth-order valence-corrected chi connectivity index (χ4v) is 2.21. The first-order valence-electron chi connectivity index (χ1n) is 6.88. The maximum absolute atomic E-state index is 12.3. The zero-order chi connectivity index (χ0) is 17.0. The topological polar surface area (TPSA) is 72.8 Å². The fraction of sp³-hybridized carbons (Fsp3) is 0.176. The Morgan fingerprint density at radius 2 is 1.74 bits per heavy atom. The first-order valence-corrected chi connectivity index (χ1v) is 7.68. The Kier molecular flexibility index (Phi) is 5.39. The number of halogens is 1. The molecule has 0 aromatic heterocycles. The minimum Gasteiger partial charge on any atom is -0.490 e. The zero-order valence-corrected chi connectivity index (χ0v) is 14.2. The number of ether oxygens (including phenoxy) is 2. The second-order valence-electron chi connectivity index (χ2n) is 5.03. The van der Waals surface area contributed by atoms with Gasteiger partial charge in [-0.1, -0.05) is 15.9 Å². The number of carbonyl (C=O) groups excluding carboxylic acids is 1. The summed E-state index contributed by atoms with van der Waals surface area (Å²) in [6.45, 7) is 3.73. The van der Waals surface area contributed by atoms with E-state index in [-0.39, 0.29) is 23.0 Å². The van der Waals surface area contributed by atoms with Crippen LogP contribution in [0.25, 0.3) is 0 Å². The third-order valence-corrected chi connectivity index (χ3v) is 3.33. The predicted octanol–water partition coefficient (Wildman–Crippen LogP) is 4.15. The molecule has 0 aliphatic carbocycles. The van der Waals surface area contributed by atoms with Gasteiger partial charge in [0.05, 0.1) is 11.7 Å². The lowest BCUT2D eigenvalue weighted by Crippen LogP contribution is -2.14. The number of benzene rings is 2. The smallest absolute Gasteiger partial charge is 0.347 e. The van der Waals surface area contributed by atoms with Gasteiger partial charge in [-0.05, 0) is 56.3 Å². The standard InChI is InChI=1S/C17H15BrO5/c1-10(2)22-15-8-5-12(18)9-14(15)17(21)23-13-6-3-11(4-7-13)16(19)20/h3-10H,1-2H3,(H,19,20). The Morgan fingerprint density at radius 1 is 1.09 bits per heavy atom. The molecule has 0 saturated heterocycles. The summed E-state index contributed by atoms with van der Waals surface area (Å²) >= 11 is 3.31. The summed E-state index contributed by atoms with van der Waals surface area (Å²) < 4.78 is 11.6. The van der Waals surface area contributed by atoms with Crippen LogP contribution in [-0.2, 0) is 0 Å². The summed E-state index contributed by atoms with van der Waals surface area (Å²) in [7, 11) is 0. The van der Waals surface area contributed by atoms with Crippen molar-refractivity contribution < 1.29 is 24.2 Å². The predicted molar refractivity (Wildman–Crippen MR) is 88.3 cm³/mol. The molecule has 2 aromatic rings. The summed E-state index contributed by atoms with van der Waals surface area (Å²) in [5, 5.41) is 8.86. The highest BCUT2D eigenvalue weighted by molar-refractivity contribution is 9.10. The third-order valence-electron chi connectivity index (χ3n) is 2.84. The van der Waals surface area contributed by atoms with Crippen LogP contribution >= 0.6 is 15.9 Å². The summed E-state index contributed by atoms with van der Waals surface area (Å²) in [6.07, 6.45) is -0.0856. The lowest BCUT2D eigenvalue weighted by Gasteiger charge is -2.14. The van der Waals surface area contributed by atoms with Crippen LogP contribution in [0.2, 0.25) is 0 Å². The number of rotatable bonds is 5. The van der Waals surface area contributed by atoms with E-state index < -0.39 is 11.9 Å². The van der Waals surface area contributed by atoms with Crippen molar-refractivity contribution in [3.63, 3.8) is 0 Å². The molecule has 0 saturated carbocycles. The molecule has 2 aromatic carbocycles. The lowest BCUT2D eigenvalue weighted by atomic mass is 10.2. The number of carbonyl (C=O) groups is 2. The maximum Gasteiger partial charge on any atom is 0.347 e. The molecule has 23 heavy (non-hydrogen) atoms. The van der Waals surface area contributed by atoms with Gasteiger partial charge in [-0.15, -0.1) is 0 Å². The molecule has 0 radical (unpaired) electrons. The van der Waals surface area contributed by atoms with Crippen molar-refractivity contribution in [2.24, 2.45) is 0 Å². The molecule has 0 fully saturated rings. The van der Waals surface area contributed by atoms with E-state index in [1.165, 1.54) is 24.3 Å². The average Bonchev–Trinajstić information content (AvgIpc) is 2.49. The third kappa shape index (κ3) is 4.56. The maximum atomic E-state index is 12.3. The molecule has 5 nitrogen and oxygen atoms in total. The molecular weight excluding hydrogens is 364 g/mol. The van der Waals surface area contributed by atoms with Gasteiger partial charge in [-0.25, -0.2) is 9.59 Å². The van der Waals surface area contributed by atoms with Crippen LogP contribution in [0.4, 0.5) is 0 Å². The van der Waals surface area contributed by atoms with Crippen molar-refractivity contribution in [2.45, 2.75) is 20.0 Å². The monoisotopic (exact) mass is 378 g/mol. The highest BCUT2D eigenvalue weighted by atomic mass is 79.9. The normalized spacial score (nSPS) is 10.4. The number of carboxylic acid groups (broad SMARTS) is 1. The van der Waals surface area contributed by atoms with Crippen molar-refractivity contribution in [1.82, 2.24) is 0 Å². The van der Waals surface area contributed by atoms with Crippen LogP contribution in [0.15, 0.2) is 46.9 Å². The zero-order valence-electron chi connectivity index (χ0n) is 12.6. The molecule has 0 unspecified atom stereocenters. The molecule has 2 rings (SSSR count). The van der Waals surface area contributed by atoms with E-state index in [0.29, 0.717) is 5.75 Å². The molecule has 6 heteroatoms. The minimum absolute atomic E-state index is 0.0856. The van der Waals surface area contributed by atoms with E-state index in [4.69, 9.17) is 14.6 Å². The van der Waals surface area contributed by atoms with Gasteiger partial charge < -0.3 is 14.6 Å². The lowest BCUT2D eigenvalue weighted by molar-refractivity contribution is 0.0696. The average molecular weight is 379 g/mol. The Bertz CT molecular complexity index is 722. The van der Waals surface area contributed by atoms with E-state index >= 15 is 0 Å². The van der Waals surface area contributed by atoms with Gasteiger partial charge >= 0.3 is 11.9 Å². The molecule has 0 bridgehead atoms. The Hall–Kier alpha value is -2.34. The van der Waals surface area contributed by atoms with Gasteiger partial charge in [0.1, 0.15) is 17.1 Å². The SMILES string of the molecule is CC(C)Oc1ccc(Br)cc1C(=O)Oc1ccc(C(=O)O)cc1. The van der Waals surface area contributed by atoms with Gasteiger partial charge in [0.15, 0.2) is 0 Å². The van der Waals surface area contributed by atoms with E-state index in [1.54, 1.807) is 18.2 Å². The number of carboxylic acids is 1. The van der Waals surface area contributed by atoms with Gasteiger partial charge in [-0.2, -0.15) is 0 Å². The van der Waals surface area contributed by atoms with Crippen molar-refractivity contribution in [1.29, 1.82) is 0 Å². The molecule has 0 aliphatic rings. The van der Waals surface area contributed by atoms with Crippen molar-refractivity contribution in [3.05, 3.63) is 58.1 Å². The van der Waals surface area contributed by atoms with Gasteiger partial charge in [0.2, 0.25) is 0 Å². The van der Waals surface area contributed by atoms with Gasteiger partial charge in [0.25, 0.3) is 0 Å². The molecule has 0 aliphatic heterocycles. The van der Waals surface area contributed by atoms with Crippen molar-refractivity contribution in [3.8, 4) is 11.5 Å². The van der Waals surface area contributed by atoms with Crippen LogP contribution in [0, 0.1) is 0 Å². The number of esters is 1. The highest BCUT2D eigenvalue weighted by Crippen LogP contribution is 2.26. The molecule has 120 valence electrons. The van der Waals surface area contributed by atoms with Crippen LogP contribution in [0.5, 0.6) is 11.5 Å². The van der Waals surface area contributed by atoms with Gasteiger partial charge in [0, 0.05) is 4.47 Å². The summed E-state index contributed by atoms with van der Waals surface area (Å²) in [6, 6.07) is 10.7. The molecular formula is C17H15BrO5. The Morgan fingerprint density at radius 3 is 2.30 bits per heavy atom. The van der Waals surface area contributed by atoms with E-state index in [9.17, 15) is 9.59 Å². The van der Waals surface area contributed by atoms with Crippen molar-refractivity contribution >= 4 is 27.9 Å². The molecule has 0 amide bonds. The van der Waals surface area contributed by atoms with E-state index in [1.807, 2.05) is 13.8 Å².